The van der Waals surface area contributed by atoms with Gasteiger partial charge in [-0.3, -0.25) is 4.79 Å². The fraction of sp³-hybridized carbons (Fsp3) is 0.923. The summed E-state index contributed by atoms with van der Waals surface area (Å²) in [6.45, 7) is 4.13. The van der Waals surface area contributed by atoms with Crippen LogP contribution in [0.4, 0.5) is 0 Å². The molecule has 0 aromatic heterocycles. The minimum atomic E-state index is -0.337. The maximum atomic E-state index is 12.3. The summed E-state index contributed by atoms with van der Waals surface area (Å²) in [4.78, 5) is 14.6. The molecule has 1 saturated heterocycles. The lowest BCUT2D eigenvalue weighted by Gasteiger charge is -2.34. The number of piperidine rings is 1. The molecular weight excluding hydrogens is 214 g/mol. The number of rotatable bonds is 2. The van der Waals surface area contributed by atoms with Crippen LogP contribution in [0.25, 0.3) is 0 Å². The molecule has 0 radical (unpaired) electrons. The molecule has 1 aliphatic heterocycles. The highest BCUT2D eigenvalue weighted by molar-refractivity contribution is 5.83. The highest BCUT2D eigenvalue weighted by Gasteiger charge is 2.43. The van der Waals surface area contributed by atoms with E-state index in [0.717, 1.165) is 38.8 Å². The van der Waals surface area contributed by atoms with Crippen molar-refractivity contribution < 1.29 is 4.79 Å². The van der Waals surface area contributed by atoms with Gasteiger partial charge in [0.2, 0.25) is 5.91 Å². The number of likely N-dealkylation sites (tertiary alicyclic amines) is 1. The predicted octanol–water partition coefficient (Wildman–Crippen LogP) is 0.714. The number of likely N-dealkylation sites (N-methyl/N-ethyl adjacent to an activating group) is 1. The molecule has 98 valence electrons. The zero-order chi connectivity index (χ0) is 12.5. The molecule has 1 saturated carbocycles. The highest BCUT2D eigenvalue weighted by Crippen LogP contribution is 2.37. The Bertz CT molecular complexity index is 294. The maximum Gasteiger partial charge on any atom is 0.227 e. The molecule has 0 spiro atoms. The standard InChI is InChI=1S/C13H25N3O/c1-13(7-3-6-11(13)14)12(17)15-10-5-4-8-16(2)9-10/h10-11H,3-9,14H2,1-2H3,(H,15,17). The Balaban J connectivity index is 1.92. The number of nitrogens with one attached hydrogen (secondary N) is 1. The Kier molecular flexibility index (Phi) is 3.73. The van der Waals surface area contributed by atoms with Crippen LogP contribution in [-0.2, 0) is 4.79 Å². The minimum absolute atomic E-state index is 0.0313. The molecule has 4 heteroatoms. The molecule has 1 aliphatic carbocycles. The summed E-state index contributed by atoms with van der Waals surface area (Å²) >= 11 is 0. The van der Waals surface area contributed by atoms with Gasteiger partial charge in [0.05, 0.1) is 5.41 Å². The molecule has 17 heavy (non-hydrogen) atoms. The molecule has 2 rings (SSSR count). The van der Waals surface area contributed by atoms with Crippen LogP contribution in [-0.4, -0.2) is 43.0 Å². The summed E-state index contributed by atoms with van der Waals surface area (Å²) in [7, 11) is 2.11. The molecule has 4 nitrogen and oxygen atoms in total. The third-order valence-electron chi connectivity index (χ3n) is 4.51. The minimum Gasteiger partial charge on any atom is -0.352 e. The van der Waals surface area contributed by atoms with Gasteiger partial charge < -0.3 is 16.0 Å². The summed E-state index contributed by atoms with van der Waals surface area (Å²) < 4.78 is 0. The van der Waals surface area contributed by atoms with Gasteiger partial charge in [-0.05, 0) is 46.2 Å². The summed E-state index contributed by atoms with van der Waals surface area (Å²) in [5.74, 6) is 0.169. The van der Waals surface area contributed by atoms with Gasteiger partial charge in [-0.2, -0.15) is 0 Å². The van der Waals surface area contributed by atoms with Gasteiger partial charge in [0, 0.05) is 18.6 Å². The molecule has 0 aromatic rings. The number of hydrogen-bond donors (Lipinski definition) is 2. The lowest BCUT2D eigenvalue weighted by Crippen LogP contribution is -2.53. The summed E-state index contributed by atoms with van der Waals surface area (Å²) in [6.07, 6.45) is 5.26. The highest BCUT2D eigenvalue weighted by atomic mass is 16.2. The average molecular weight is 239 g/mol. The lowest BCUT2D eigenvalue weighted by atomic mass is 9.83. The average Bonchev–Trinajstić information content (AvgIpc) is 2.60. The van der Waals surface area contributed by atoms with Crippen molar-refractivity contribution in [1.82, 2.24) is 10.2 Å². The van der Waals surface area contributed by atoms with E-state index < -0.39 is 0 Å². The topological polar surface area (TPSA) is 58.4 Å². The van der Waals surface area contributed by atoms with Gasteiger partial charge in [-0.25, -0.2) is 0 Å². The van der Waals surface area contributed by atoms with Gasteiger partial charge in [-0.1, -0.05) is 6.42 Å². The molecule has 2 fully saturated rings. The predicted molar refractivity (Wildman–Crippen MR) is 68.6 cm³/mol. The maximum absolute atomic E-state index is 12.3. The Morgan fingerprint density at radius 2 is 2.18 bits per heavy atom. The normalized spacial score (nSPS) is 39.2. The molecule has 2 aliphatic rings. The van der Waals surface area contributed by atoms with Crippen molar-refractivity contribution >= 4 is 5.91 Å². The molecular formula is C13H25N3O. The Labute approximate surface area is 104 Å². The molecule has 0 aromatic carbocycles. The van der Waals surface area contributed by atoms with E-state index in [4.69, 9.17) is 5.73 Å². The molecule has 3 atom stereocenters. The fourth-order valence-electron chi connectivity index (χ4n) is 3.11. The van der Waals surface area contributed by atoms with Crippen LogP contribution in [0.5, 0.6) is 0 Å². The number of nitrogens with zero attached hydrogens (tertiary/aromatic N) is 1. The first-order valence-electron chi connectivity index (χ1n) is 6.77. The van der Waals surface area contributed by atoms with Crippen LogP contribution in [0.3, 0.4) is 0 Å². The van der Waals surface area contributed by atoms with Crippen LogP contribution >= 0.6 is 0 Å². The Morgan fingerprint density at radius 1 is 1.41 bits per heavy atom. The molecule has 3 N–H and O–H groups in total. The Hall–Kier alpha value is -0.610. The van der Waals surface area contributed by atoms with Crippen LogP contribution in [0, 0.1) is 5.41 Å². The van der Waals surface area contributed by atoms with Crippen LogP contribution in [0.15, 0.2) is 0 Å². The van der Waals surface area contributed by atoms with Crippen LogP contribution in [0.2, 0.25) is 0 Å². The third kappa shape index (κ3) is 2.63. The van der Waals surface area contributed by atoms with Crippen molar-refractivity contribution in [3.05, 3.63) is 0 Å². The van der Waals surface area contributed by atoms with Gasteiger partial charge in [0.15, 0.2) is 0 Å². The van der Waals surface area contributed by atoms with Crippen LogP contribution < -0.4 is 11.1 Å². The van der Waals surface area contributed by atoms with E-state index >= 15 is 0 Å². The van der Waals surface area contributed by atoms with E-state index in [2.05, 4.69) is 17.3 Å². The smallest absolute Gasteiger partial charge is 0.227 e. The molecule has 0 bridgehead atoms. The number of amides is 1. The van der Waals surface area contributed by atoms with Gasteiger partial charge in [0.1, 0.15) is 0 Å². The molecule has 1 amide bonds. The van der Waals surface area contributed by atoms with Gasteiger partial charge in [-0.15, -0.1) is 0 Å². The first-order valence-corrected chi connectivity index (χ1v) is 6.77. The van der Waals surface area contributed by atoms with E-state index in [1.807, 2.05) is 6.92 Å². The first kappa shape index (κ1) is 12.8. The second kappa shape index (κ2) is 4.94. The quantitative estimate of drug-likeness (QED) is 0.746. The van der Waals surface area contributed by atoms with Crippen molar-refractivity contribution in [1.29, 1.82) is 0 Å². The van der Waals surface area contributed by atoms with Gasteiger partial charge in [0.25, 0.3) is 0 Å². The number of hydrogen-bond acceptors (Lipinski definition) is 3. The molecule has 1 heterocycles. The fourth-order valence-corrected chi connectivity index (χ4v) is 3.11. The second-order valence-electron chi connectivity index (χ2n) is 5.99. The Morgan fingerprint density at radius 3 is 2.76 bits per heavy atom. The van der Waals surface area contributed by atoms with E-state index in [-0.39, 0.29) is 17.4 Å². The van der Waals surface area contributed by atoms with Crippen molar-refractivity contribution in [2.24, 2.45) is 11.1 Å². The third-order valence-corrected chi connectivity index (χ3v) is 4.51. The van der Waals surface area contributed by atoms with Crippen molar-refractivity contribution in [3.63, 3.8) is 0 Å². The zero-order valence-electron chi connectivity index (χ0n) is 11.0. The van der Waals surface area contributed by atoms with E-state index in [9.17, 15) is 4.79 Å². The lowest BCUT2D eigenvalue weighted by molar-refractivity contribution is -0.131. The zero-order valence-corrected chi connectivity index (χ0v) is 11.0. The van der Waals surface area contributed by atoms with E-state index in [1.54, 1.807) is 0 Å². The summed E-state index contributed by atoms with van der Waals surface area (Å²) in [5, 5.41) is 3.20. The second-order valence-corrected chi connectivity index (χ2v) is 5.99. The number of carbonyl (C=O) groups is 1. The summed E-state index contributed by atoms with van der Waals surface area (Å²) in [6, 6.07) is 0.342. The van der Waals surface area contributed by atoms with Crippen molar-refractivity contribution in [2.75, 3.05) is 20.1 Å². The van der Waals surface area contributed by atoms with Crippen molar-refractivity contribution in [2.45, 2.75) is 51.1 Å². The number of carbonyl (C=O) groups excluding carboxylic acids is 1. The monoisotopic (exact) mass is 239 g/mol. The molecule has 3 unspecified atom stereocenters. The largest absolute Gasteiger partial charge is 0.352 e. The summed E-state index contributed by atoms with van der Waals surface area (Å²) in [5.41, 5.74) is 5.74. The van der Waals surface area contributed by atoms with Gasteiger partial charge >= 0.3 is 0 Å². The van der Waals surface area contributed by atoms with Crippen molar-refractivity contribution in [3.8, 4) is 0 Å². The SMILES string of the molecule is CN1CCCC(NC(=O)C2(C)CCCC2N)C1. The first-order chi connectivity index (χ1) is 8.02. The van der Waals surface area contributed by atoms with Crippen LogP contribution in [0.1, 0.15) is 39.0 Å². The number of nitrogens with two attached hydrogens (primary N) is 1. The van der Waals surface area contributed by atoms with E-state index in [0.29, 0.717) is 6.04 Å². The van der Waals surface area contributed by atoms with E-state index in [1.165, 1.54) is 6.42 Å².